The molecule has 0 N–H and O–H groups in total. The maximum Gasteiger partial charge on any atom is 0.178 e. The van der Waals surface area contributed by atoms with Crippen LogP contribution >= 0.6 is 0 Å². The molecule has 3 aliphatic rings. The first kappa shape index (κ1) is 14.6. The van der Waals surface area contributed by atoms with Crippen molar-refractivity contribution in [3.05, 3.63) is 18.0 Å². The summed E-state index contributed by atoms with van der Waals surface area (Å²) in [5, 5.41) is 13.4. The SMILES string of the molecule is CN(C1CCCCC1)C1CN(c2ccc3nnc(C4CC4)n3n2)C1. The van der Waals surface area contributed by atoms with Gasteiger partial charge in [0, 0.05) is 31.1 Å². The Kier molecular flexibility index (Phi) is 3.47. The third-order valence-corrected chi connectivity index (χ3v) is 6.13. The minimum atomic E-state index is 0.573. The Bertz CT molecular complexity index is 724. The van der Waals surface area contributed by atoms with Crippen LogP contribution in [0.25, 0.3) is 5.65 Å². The van der Waals surface area contributed by atoms with Crippen LogP contribution in [0.1, 0.15) is 56.7 Å². The maximum atomic E-state index is 4.82. The van der Waals surface area contributed by atoms with Gasteiger partial charge in [0.05, 0.1) is 0 Å². The third-order valence-electron chi connectivity index (χ3n) is 6.13. The first-order valence-electron chi connectivity index (χ1n) is 9.49. The zero-order chi connectivity index (χ0) is 16.1. The molecule has 0 radical (unpaired) electrons. The highest BCUT2D eigenvalue weighted by Crippen LogP contribution is 2.39. The summed E-state index contributed by atoms with van der Waals surface area (Å²) in [6.45, 7) is 2.18. The summed E-state index contributed by atoms with van der Waals surface area (Å²) in [6, 6.07) is 5.62. The highest BCUT2D eigenvalue weighted by molar-refractivity contribution is 5.48. The van der Waals surface area contributed by atoms with Crippen LogP contribution in [0.3, 0.4) is 0 Å². The minimum Gasteiger partial charge on any atom is -0.352 e. The molecular formula is C18H26N6. The molecule has 0 bridgehead atoms. The zero-order valence-corrected chi connectivity index (χ0v) is 14.4. The summed E-state index contributed by atoms with van der Waals surface area (Å²) < 4.78 is 1.96. The fourth-order valence-electron chi connectivity index (χ4n) is 4.25. The van der Waals surface area contributed by atoms with Crippen molar-refractivity contribution in [3.63, 3.8) is 0 Å². The van der Waals surface area contributed by atoms with Crippen molar-refractivity contribution in [1.82, 2.24) is 24.7 Å². The lowest BCUT2D eigenvalue weighted by Gasteiger charge is -2.48. The molecule has 24 heavy (non-hydrogen) atoms. The number of fused-ring (bicyclic) bond motifs is 1. The van der Waals surface area contributed by atoms with Crippen LogP contribution in [0.4, 0.5) is 5.82 Å². The van der Waals surface area contributed by atoms with Gasteiger partial charge in [-0.15, -0.1) is 15.3 Å². The summed E-state index contributed by atoms with van der Waals surface area (Å²) in [6.07, 6.45) is 9.44. The summed E-state index contributed by atoms with van der Waals surface area (Å²) in [5.74, 6) is 2.69. The van der Waals surface area contributed by atoms with Crippen LogP contribution in [-0.2, 0) is 0 Å². The number of hydrogen-bond donors (Lipinski definition) is 0. The van der Waals surface area contributed by atoms with Crippen molar-refractivity contribution in [1.29, 1.82) is 0 Å². The van der Waals surface area contributed by atoms with E-state index in [1.54, 1.807) is 0 Å². The molecule has 1 saturated heterocycles. The minimum absolute atomic E-state index is 0.573. The van der Waals surface area contributed by atoms with E-state index in [9.17, 15) is 0 Å². The molecule has 0 spiro atoms. The van der Waals surface area contributed by atoms with Gasteiger partial charge in [-0.1, -0.05) is 19.3 Å². The lowest BCUT2D eigenvalue weighted by Crippen LogP contribution is -2.61. The summed E-state index contributed by atoms with van der Waals surface area (Å²) >= 11 is 0. The van der Waals surface area contributed by atoms with E-state index in [2.05, 4.69) is 39.2 Å². The van der Waals surface area contributed by atoms with Crippen LogP contribution in [0.2, 0.25) is 0 Å². The van der Waals surface area contributed by atoms with Crippen molar-refractivity contribution < 1.29 is 0 Å². The Labute approximate surface area is 142 Å². The number of nitrogens with zero attached hydrogens (tertiary/aromatic N) is 6. The van der Waals surface area contributed by atoms with Crippen molar-refractivity contribution >= 4 is 11.5 Å². The van der Waals surface area contributed by atoms with Crippen LogP contribution < -0.4 is 4.90 Å². The smallest absolute Gasteiger partial charge is 0.178 e. The number of anilines is 1. The molecule has 128 valence electrons. The average molecular weight is 326 g/mol. The molecular weight excluding hydrogens is 300 g/mol. The highest BCUT2D eigenvalue weighted by Gasteiger charge is 2.35. The molecule has 5 rings (SSSR count). The molecule has 2 saturated carbocycles. The predicted octanol–water partition coefficient (Wildman–Crippen LogP) is 2.45. The van der Waals surface area contributed by atoms with E-state index in [0.29, 0.717) is 12.0 Å². The molecule has 3 heterocycles. The Morgan fingerprint density at radius 3 is 2.50 bits per heavy atom. The number of rotatable bonds is 4. The average Bonchev–Trinajstić information content (AvgIpc) is 3.34. The standard InChI is InChI=1S/C18H26N6/c1-22(14-5-3-2-4-6-14)15-11-23(12-15)17-10-9-16-19-20-18(13-7-8-13)24(16)21-17/h9-10,13-15H,2-8,11-12H2,1H3. The van der Waals surface area contributed by atoms with Gasteiger partial charge < -0.3 is 4.90 Å². The third kappa shape index (κ3) is 2.48. The maximum absolute atomic E-state index is 4.82. The van der Waals surface area contributed by atoms with Crippen molar-refractivity contribution in [3.8, 4) is 0 Å². The van der Waals surface area contributed by atoms with E-state index in [4.69, 9.17) is 5.10 Å². The second kappa shape index (κ2) is 5.69. The van der Waals surface area contributed by atoms with Gasteiger partial charge >= 0.3 is 0 Å². The van der Waals surface area contributed by atoms with E-state index in [1.807, 2.05) is 4.52 Å². The Morgan fingerprint density at radius 1 is 0.958 bits per heavy atom. The summed E-state index contributed by atoms with van der Waals surface area (Å²) in [5.41, 5.74) is 0.872. The largest absolute Gasteiger partial charge is 0.352 e. The lowest BCUT2D eigenvalue weighted by molar-refractivity contribution is 0.117. The first-order chi connectivity index (χ1) is 11.8. The van der Waals surface area contributed by atoms with Gasteiger partial charge in [0.1, 0.15) is 5.82 Å². The summed E-state index contributed by atoms with van der Waals surface area (Å²) in [4.78, 5) is 5.02. The van der Waals surface area contributed by atoms with Crippen molar-refractivity contribution in [2.75, 3.05) is 25.0 Å². The van der Waals surface area contributed by atoms with Gasteiger partial charge in [-0.05, 0) is 44.9 Å². The normalized spacial score (nSPS) is 23.2. The first-order valence-corrected chi connectivity index (χ1v) is 9.49. The molecule has 0 amide bonds. The Balaban J connectivity index is 1.28. The Hall–Kier alpha value is -1.69. The molecule has 0 atom stereocenters. The topological polar surface area (TPSA) is 49.6 Å². The molecule has 6 nitrogen and oxygen atoms in total. The lowest BCUT2D eigenvalue weighted by atomic mass is 9.92. The monoisotopic (exact) mass is 326 g/mol. The quantitative estimate of drug-likeness (QED) is 0.864. The molecule has 6 heteroatoms. The molecule has 3 fully saturated rings. The van der Waals surface area contributed by atoms with Gasteiger partial charge in [0.2, 0.25) is 0 Å². The zero-order valence-electron chi connectivity index (χ0n) is 14.4. The van der Waals surface area contributed by atoms with Crippen molar-refractivity contribution in [2.24, 2.45) is 0 Å². The van der Waals surface area contributed by atoms with Crippen LogP contribution in [-0.4, -0.2) is 56.9 Å². The van der Waals surface area contributed by atoms with Crippen LogP contribution in [0, 0.1) is 0 Å². The predicted molar refractivity (Wildman–Crippen MR) is 93.4 cm³/mol. The molecule has 2 aromatic heterocycles. The number of likely N-dealkylation sites (N-methyl/N-ethyl adjacent to an activating group) is 1. The fourth-order valence-corrected chi connectivity index (χ4v) is 4.25. The van der Waals surface area contributed by atoms with Gasteiger partial charge in [-0.2, -0.15) is 4.52 Å². The van der Waals surface area contributed by atoms with E-state index in [-0.39, 0.29) is 0 Å². The second-order valence-corrected chi connectivity index (χ2v) is 7.81. The second-order valence-electron chi connectivity index (χ2n) is 7.81. The van der Waals surface area contributed by atoms with Gasteiger partial charge in [0.15, 0.2) is 11.5 Å². The van der Waals surface area contributed by atoms with Crippen LogP contribution in [0.5, 0.6) is 0 Å². The molecule has 1 aliphatic heterocycles. The highest BCUT2D eigenvalue weighted by atomic mass is 15.4. The Morgan fingerprint density at radius 2 is 1.75 bits per heavy atom. The van der Waals surface area contributed by atoms with Crippen LogP contribution in [0.15, 0.2) is 12.1 Å². The molecule has 2 aromatic rings. The van der Waals surface area contributed by atoms with Gasteiger partial charge in [-0.3, -0.25) is 4.90 Å². The molecule has 0 unspecified atom stereocenters. The molecule has 0 aromatic carbocycles. The number of aromatic nitrogens is 4. The van der Waals surface area contributed by atoms with Gasteiger partial charge in [-0.25, -0.2) is 0 Å². The molecule has 2 aliphatic carbocycles. The fraction of sp³-hybridized carbons (Fsp3) is 0.722. The van der Waals surface area contributed by atoms with E-state index < -0.39 is 0 Å². The summed E-state index contributed by atoms with van der Waals surface area (Å²) in [7, 11) is 2.32. The van der Waals surface area contributed by atoms with E-state index >= 15 is 0 Å². The van der Waals surface area contributed by atoms with E-state index in [0.717, 1.165) is 36.4 Å². The van der Waals surface area contributed by atoms with E-state index in [1.165, 1.54) is 44.9 Å². The number of hydrogen-bond acceptors (Lipinski definition) is 5. The van der Waals surface area contributed by atoms with Gasteiger partial charge in [0.25, 0.3) is 0 Å². The van der Waals surface area contributed by atoms with Crippen molar-refractivity contribution in [2.45, 2.75) is 62.9 Å².